The Hall–Kier alpha value is -1.89. The number of amides is 1. The highest BCUT2D eigenvalue weighted by Crippen LogP contribution is 2.24. The van der Waals surface area contributed by atoms with Crippen LogP contribution in [0.1, 0.15) is 36.0 Å². The van der Waals surface area contributed by atoms with E-state index in [-0.39, 0.29) is 24.3 Å². The Morgan fingerprint density at radius 3 is 2.50 bits per heavy atom. The summed E-state index contributed by atoms with van der Waals surface area (Å²) >= 11 is 0. The van der Waals surface area contributed by atoms with Crippen LogP contribution >= 0.6 is 0 Å². The maximum Gasteiger partial charge on any atom is 0.254 e. The minimum Gasteiger partial charge on any atom is -0.322 e. The average Bonchev–Trinajstić information content (AvgIpc) is 2.90. The molecule has 1 saturated carbocycles. The normalized spacial score (nSPS) is 15.3. The third kappa shape index (κ3) is 2.67. The van der Waals surface area contributed by atoms with E-state index >= 15 is 0 Å². The van der Waals surface area contributed by atoms with Gasteiger partial charge in [0.05, 0.1) is 6.07 Å². The first-order valence-corrected chi connectivity index (χ1v) is 6.16. The van der Waals surface area contributed by atoms with Gasteiger partial charge in [0.2, 0.25) is 0 Å². The van der Waals surface area contributed by atoms with Crippen LogP contribution in [0.4, 0.5) is 4.39 Å². The molecule has 0 heterocycles. The Morgan fingerprint density at radius 1 is 1.33 bits per heavy atom. The third-order valence-electron chi connectivity index (χ3n) is 3.36. The molecule has 0 atom stereocenters. The summed E-state index contributed by atoms with van der Waals surface area (Å²) in [5.41, 5.74) is 0.443. The van der Waals surface area contributed by atoms with Crippen molar-refractivity contribution in [3.63, 3.8) is 0 Å². The quantitative estimate of drug-likeness (QED) is 0.770. The zero-order chi connectivity index (χ0) is 13.0. The van der Waals surface area contributed by atoms with Crippen LogP contribution in [-0.2, 0) is 0 Å². The molecule has 1 aromatic rings. The summed E-state index contributed by atoms with van der Waals surface area (Å²) in [6.07, 6.45) is 4.11. The van der Waals surface area contributed by atoms with Crippen LogP contribution in [0.25, 0.3) is 0 Å². The van der Waals surface area contributed by atoms with Gasteiger partial charge in [0, 0.05) is 11.6 Å². The molecule has 0 unspecified atom stereocenters. The van der Waals surface area contributed by atoms with E-state index in [1.807, 2.05) is 6.07 Å². The first-order valence-electron chi connectivity index (χ1n) is 6.16. The lowest BCUT2D eigenvalue weighted by Gasteiger charge is -2.26. The predicted molar refractivity (Wildman–Crippen MR) is 65.3 cm³/mol. The number of hydrogen-bond acceptors (Lipinski definition) is 2. The number of benzene rings is 1. The molecule has 1 aliphatic carbocycles. The van der Waals surface area contributed by atoms with Crippen molar-refractivity contribution in [3.05, 3.63) is 35.6 Å². The van der Waals surface area contributed by atoms with Gasteiger partial charge in [-0.3, -0.25) is 4.79 Å². The molecule has 0 saturated heterocycles. The van der Waals surface area contributed by atoms with Gasteiger partial charge in [-0.05, 0) is 37.1 Å². The molecule has 0 spiro atoms. The molecular formula is C14H15FN2O. The molecule has 4 heteroatoms. The molecule has 18 heavy (non-hydrogen) atoms. The van der Waals surface area contributed by atoms with Crippen molar-refractivity contribution in [2.45, 2.75) is 31.7 Å². The SMILES string of the molecule is N#CCN(C(=O)c1ccc(F)cc1)C1CCCC1. The molecular weight excluding hydrogens is 231 g/mol. The van der Waals surface area contributed by atoms with Crippen molar-refractivity contribution >= 4 is 5.91 Å². The Bertz CT molecular complexity index is 458. The number of carbonyl (C=O) groups excluding carboxylic acids is 1. The monoisotopic (exact) mass is 246 g/mol. The Balaban J connectivity index is 2.17. The lowest BCUT2D eigenvalue weighted by molar-refractivity contribution is 0.0709. The highest BCUT2D eigenvalue weighted by molar-refractivity contribution is 5.94. The fourth-order valence-corrected chi connectivity index (χ4v) is 2.42. The van der Waals surface area contributed by atoms with Crippen LogP contribution in [-0.4, -0.2) is 23.4 Å². The van der Waals surface area contributed by atoms with Crippen LogP contribution in [0, 0.1) is 17.1 Å². The van der Waals surface area contributed by atoms with Crippen molar-refractivity contribution in [1.82, 2.24) is 4.90 Å². The number of rotatable bonds is 3. The van der Waals surface area contributed by atoms with Crippen LogP contribution in [0.2, 0.25) is 0 Å². The van der Waals surface area contributed by atoms with Gasteiger partial charge in [-0.25, -0.2) is 4.39 Å². The Kier molecular flexibility index (Phi) is 3.93. The third-order valence-corrected chi connectivity index (χ3v) is 3.36. The van der Waals surface area contributed by atoms with E-state index in [0.29, 0.717) is 5.56 Å². The molecule has 94 valence electrons. The van der Waals surface area contributed by atoms with E-state index in [4.69, 9.17) is 5.26 Å². The molecule has 2 rings (SSSR count). The molecule has 1 aliphatic rings. The van der Waals surface area contributed by atoms with Gasteiger partial charge >= 0.3 is 0 Å². The Morgan fingerprint density at radius 2 is 1.94 bits per heavy atom. The van der Waals surface area contributed by atoms with Gasteiger partial charge in [0.25, 0.3) is 5.91 Å². The summed E-state index contributed by atoms with van der Waals surface area (Å²) in [4.78, 5) is 13.9. The molecule has 0 bridgehead atoms. The van der Waals surface area contributed by atoms with Crippen LogP contribution < -0.4 is 0 Å². The summed E-state index contributed by atoms with van der Waals surface area (Å²) < 4.78 is 12.8. The maximum absolute atomic E-state index is 12.8. The first-order chi connectivity index (χ1) is 8.72. The summed E-state index contributed by atoms with van der Waals surface area (Å²) in [6, 6.07) is 7.67. The van der Waals surface area contributed by atoms with Crippen LogP contribution in [0.5, 0.6) is 0 Å². The minimum absolute atomic E-state index is 0.0981. The lowest BCUT2D eigenvalue weighted by Crippen LogP contribution is -2.39. The topological polar surface area (TPSA) is 44.1 Å². The van der Waals surface area contributed by atoms with Gasteiger partial charge in [-0.2, -0.15) is 5.26 Å². The van der Waals surface area contributed by atoms with Gasteiger partial charge in [0.15, 0.2) is 0 Å². The summed E-state index contributed by atoms with van der Waals surface area (Å²) in [6.45, 7) is 0.0981. The van der Waals surface area contributed by atoms with E-state index in [0.717, 1.165) is 25.7 Å². The van der Waals surface area contributed by atoms with Crippen LogP contribution in [0.3, 0.4) is 0 Å². The molecule has 1 amide bonds. The fraction of sp³-hybridized carbons (Fsp3) is 0.429. The maximum atomic E-state index is 12.8. The van der Waals surface area contributed by atoms with Gasteiger partial charge < -0.3 is 4.90 Å². The molecule has 0 aromatic heterocycles. The zero-order valence-corrected chi connectivity index (χ0v) is 10.1. The zero-order valence-electron chi connectivity index (χ0n) is 10.1. The summed E-state index contributed by atoms with van der Waals surface area (Å²) in [7, 11) is 0. The highest BCUT2D eigenvalue weighted by Gasteiger charge is 2.27. The van der Waals surface area contributed by atoms with Crippen molar-refractivity contribution in [3.8, 4) is 6.07 Å². The largest absolute Gasteiger partial charge is 0.322 e. The van der Waals surface area contributed by atoms with Crippen molar-refractivity contribution in [2.24, 2.45) is 0 Å². The number of halogens is 1. The van der Waals surface area contributed by atoms with Gasteiger partial charge in [-0.1, -0.05) is 12.8 Å². The average molecular weight is 246 g/mol. The van der Waals surface area contributed by atoms with E-state index < -0.39 is 0 Å². The fourth-order valence-electron chi connectivity index (χ4n) is 2.42. The molecule has 0 aliphatic heterocycles. The number of hydrogen-bond donors (Lipinski definition) is 0. The molecule has 1 aromatic carbocycles. The molecule has 1 fully saturated rings. The Labute approximate surface area is 106 Å². The smallest absolute Gasteiger partial charge is 0.254 e. The number of nitriles is 1. The van der Waals surface area contributed by atoms with Crippen LogP contribution in [0.15, 0.2) is 24.3 Å². The standard InChI is InChI=1S/C14H15FN2O/c15-12-7-5-11(6-8-12)14(18)17(10-9-16)13-3-1-2-4-13/h5-8,13H,1-4,10H2. The minimum atomic E-state index is -0.362. The van der Waals surface area contributed by atoms with Gasteiger partial charge in [0.1, 0.15) is 12.4 Å². The predicted octanol–water partition coefficient (Wildman–Crippen LogP) is 2.73. The second-order valence-electron chi connectivity index (χ2n) is 4.54. The van der Waals surface area contributed by atoms with E-state index in [2.05, 4.69) is 0 Å². The molecule has 0 radical (unpaired) electrons. The van der Waals surface area contributed by atoms with E-state index in [1.165, 1.54) is 24.3 Å². The molecule has 3 nitrogen and oxygen atoms in total. The summed E-state index contributed by atoms with van der Waals surface area (Å²) in [5.74, 6) is -0.539. The van der Waals surface area contributed by atoms with Crippen molar-refractivity contribution in [1.29, 1.82) is 5.26 Å². The van der Waals surface area contributed by atoms with Crippen molar-refractivity contribution in [2.75, 3.05) is 6.54 Å². The summed E-state index contributed by atoms with van der Waals surface area (Å²) in [5, 5.41) is 8.83. The van der Waals surface area contributed by atoms with E-state index in [1.54, 1.807) is 4.90 Å². The second-order valence-corrected chi connectivity index (χ2v) is 4.54. The van der Waals surface area contributed by atoms with Crippen molar-refractivity contribution < 1.29 is 9.18 Å². The van der Waals surface area contributed by atoms with E-state index in [9.17, 15) is 9.18 Å². The van der Waals surface area contributed by atoms with Gasteiger partial charge in [-0.15, -0.1) is 0 Å². The number of carbonyl (C=O) groups is 1. The second kappa shape index (κ2) is 5.63. The molecule has 0 N–H and O–H groups in total. The highest BCUT2D eigenvalue weighted by atomic mass is 19.1. The number of nitrogens with zero attached hydrogens (tertiary/aromatic N) is 2. The first kappa shape index (κ1) is 12.6. The lowest BCUT2D eigenvalue weighted by atomic mass is 10.1.